The lowest BCUT2D eigenvalue weighted by Crippen LogP contribution is -2.30. The summed E-state index contributed by atoms with van der Waals surface area (Å²) in [6, 6.07) is 10.7. The number of benzene rings is 2. The van der Waals surface area contributed by atoms with Crippen LogP contribution in [0.25, 0.3) is 11.3 Å². The molecule has 2 aromatic carbocycles. The molecule has 0 bridgehead atoms. The van der Waals surface area contributed by atoms with Crippen molar-refractivity contribution in [2.45, 2.75) is 13.3 Å². The van der Waals surface area contributed by atoms with Crippen molar-refractivity contribution in [3.63, 3.8) is 0 Å². The van der Waals surface area contributed by atoms with E-state index in [1.807, 2.05) is 0 Å². The van der Waals surface area contributed by atoms with E-state index in [0.29, 0.717) is 11.1 Å². The zero-order valence-corrected chi connectivity index (χ0v) is 16.3. The largest absolute Gasteiger partial charge is 0.494 e. The van der Waals surface area contributed by atoms with Gasteiger partial charge in [0.1, 0.15) is 17.4 Å². The van der Waals surface area contributed by atoms with E-state index in [9.17, 15) is 17.6 Å². The van der Waals surface area contributed by atoms with Crippen molar-refractivity contribution in [2.75, 3.05) is 13.2 Å². The van der Waals surface area contributed by atoms with Crippen molar-refractivity contribution in [3.8, 4) is 5.75 Å². The minimum absolute atomic E-state index is 0.0109. The Balaban J connectivity index is 2.32. The Morgan fingerprint density at radius 3 is 2.28 bits per heavy atom. The number of hydrogen-bond donors (Lipinski definition) is 0. The summed E-state index contributed by atoms with van der Waals surface area (Å²) in [7, 11) is 0. The van der Waals surface area contributed by atoms with Gasteiger partial charge < -0.3 is 9.64 Å². The van der Waals surface area contributed by atoms with Crippen LogP contribution >= 0.6 is 11.6 Å². The zero-order valence-electron chi connectivity index (χ0n) is 15.6. The average Bonchev–Trinajstić information content (AvgIpc) is 2.67. The van der Waals surface area contributed by atoms with E-state index in [0.717, 1.165) is 17.0 Å². The van der Waals surface area contributed by atoms with Crippen LogP contribution in [0.1, 0.15) is 18.1 Å². The highest BCUT2D eigenvalue weighted by Gasteiger charge is 2.31. The lowest BCUT2D eigenvalue weighted by Gasteiger charge is -2.34. The van der Waals surface area contributed by atoms with Gasteiger partial charge in [-0.3, -0.25) is 0 Å². The molecule has 0 N–H and O–H groups in total. The molecule has 0 saturated carbocycles. The third kappa shape index (κ3) is 4.32. The van der Waals surface area contributed by atoms with Crippen LogP contribution in [0.15, 0.2) is 65.8 Å². The van der Waals surface area contributed by atoms with Gasteiger partial charge >= 0.3 is 0 Å². The standard InChI is InChI=1S/C22H18ClF4NO/c1-3-29-15-9-18(24)21(19(25)10-15)22-16(14-7-5-4-6-8-14)11-17(23)13(2)28(22)12-20(26)27/h4-11,20H,2-3,12H2,1H3. The fourth-order valence-electron chi connectivity index (χ4n) is 3.16. The Morgan fingerprint density at radius 1 is 1.10 bits per heavy atom. The van der Waals surface area contributed by atoms with Crippen LogP contribution in [0, 0.1) is 11.6 Å². The van der Waals surface area contributed by atoms with Crippen LogP contribution in [0.2, 0.25) is 0 Å². The molecule has 29 heavy (non-hydrogen) atoms. The zero-order chi connectivity index (χ0) is 21.1. The molecule has 1 aliphatic heterocycles. The van der Waals surface area contributed by atoms with E-state index in [1.54, 1.807) is 37.3 Å². The molecule has 1 heterocycles. The minimum Gasteiger partial charge on any atom is -0.494 e. The van der Waals surface area contributed by atoms with E-state index >= 15 is 0 Å². The number of rotatable bonds is 6. The molecule has 2 nitrogen and oxygen atoms in total. The highest BCUT2D eigenvalue weighted by molar-refractivity contribution is 6.33. The molecule has 152 valence electrons. The van der Waals surface area contributed by atoms with E-state index < -0.39 is 30.2 Å². The number of nitrogens with zero attached hydrogens (tertiary/aromatic N) is 1. The number of allylic oxidation sites excluding steroid dienone is 3. The van der Waals surface area contributed by atoms with Gasteiger partial charge in [0.05, 0.1) is 35.1 Å². The Hall–Kier alpha value is -2.73. The molecular formula is C22H18ClF4NO. The molecule has 0 saturated heterocycles. The molecule has 0 spiro atoms. The van der Waals surface area contributed by atoms with Gasteiger partial charge in [-0.25, -0.2) is 17.6 Å². The third-order valence-electron chi connectivity index (χ3n) is 4.37. The van der Waals surface area contributed by atoms with E-state index in [4.69, 9.17) is 16.3 Å². The summed E-state index contributed by atoms with van der Waals surface area (Å²) in [5.41, 5.74) is 0.401. The van der Waals surface area contributed by atoms with Crippen LogP contribution in [0.5, 0.6) is 5.75 Å². The molecule has 0 amide bonds. The van der Waals surface area contributed by atoms with Gasteiger partial charge in [-0.05, 0) is 18.6 Å². The normalized spacial score (nSPS) is 14.5. The summed E-state index contributed by atoms with van der Waals surface area (Å²) in [5.74, 6) is -1.86. The van der Waals surface area contributed by atoms with Gasteiger partial charge in [-0.1, -0.05) is 48.5 Å². The number of halogens is 5. The van der Waals surface area contributed by atoms with Crippen molar-refractivity contribution < 1.29 is 22.3 Å². The first kappa shape index (κ1) is 21.0. The average molecular weight is 424 g/mol. The SMILES string of the molecule is C=C1C(Cl)=CC(c2ccccc2)=C(c2c(F)cc(OCC)cc2F)N1CC(F)F. The van der Waals surface area contributed by atoms with Gasteiger partial charge in [0.25, 0.3) is 6.43 Å². The lowest BCUT2D eigenvalue weighted by molar-refractivity contribution is 0.123. The van der Waals surface area contributed by atoms with Crippen LogP contribution < -0.4 is 4.74 Å². The van der Waals surface area contributed by atoms with Gasteiger partial charge in [-0.2, -0.15) is 0 Å². The maximum absolute atomic E-state index is 15.0. The number of hydrogen-bond acceptors (Lipinski definition) is 2. The Bertz CT molecular complexity index is 963. The van der Waals surface area contributed by atoms with Crippen molar-refractivity contribution in [1.82, 2.24) is 4.90 Å². The summed E-state index contributed by atoms with van der Waals surface area (Å²) < 4.78 is 61.8. The van der Waals surface area contributed by atoms with Crippen LogP contribution in [0.4, 0.5) is 17.6 Å². The first-order valence-electron chi connectivity index (χ1n) is 8.87. The van der Waals surface area contributed by atoms with Crippen LogP contribution in [-0.4, -0.2) is 24.5 Å². The van der Waals surface area contributed by atoms with Gasteiger partial charge in [0.2, 0.25) is 0 Å². The topological polar surface area (TPSA) is 12.5 Å². The molecular weight excluding hydrogens is 406 g/mol. The van der Waals surface area contributed by atoms with Crippen LogP contribution in [-0.2, 0) is 0 Å². The van der Waals surface area contributed by atoms with Crippen molar-refractivity contribution in [3.05, 3.63) is 88.6 Å². The maximum Gasteiger partial charge on any atom is 0.256 e. The minimum atomic E-state index is -2.78. The second-order valence-corrected chi connectivity index (χ2v) is 6.67. The fraction of sp³-hybridized carbons (Fsp3) is 0.182. The predicted octanol–water partition coefficient (Wildman–Crippen LogP) is 6.45. The first-order valence-corrected chi connectivity index (χ1v) is 9.25. The molecule has 0 atom stereocenters. The van der Waals surface area contributed by atoms with Crippen LogP contribution in [0.3, 0.4) is 0 Å². The summed E-state index contributed by atoms with van der Waals surface area (Å²) in [6.45, 7) is 4.82. The van der Waals surface area contributed by atoms with E-state index in [-0.39, 0.29) is 28.8 Å². The van der Waals surface area contributed by atoms with Gasteiger partial charge in [-0.15, -0.1) is 0 Å². The van der Waals surface area contributed by atoms with Crippen molar-refractivity contribution in [1.29, 1.82) is 0 Å². The Morgan fingerprint density at radius 2 is 1.72 bits per heavy atom. The third-order valence-corrected chi connectivity index (χ3v) is 4.69. The molecule has 0 unspecified atom stereocenters. The fourth-order valence-corrected chi connectivity index (χ4v) is 3.37. The Labute approximate surface area is 171 Å². The second kappa shape index (κ2) is 8.74. The summed E-state index contributed by atoms with van der Waals surface area (Å²) in [6.07, 6.45) is -1.30. The van der Waals surface area contributed by atoms with E-state index in [2.05, 4.69) is 6.58 Å². The molecule has 7 heteroatoms. The summed E-state index contributed by atoms with van der Waals surface area (Å²) in [4.78, 5) is 1.05. The van der Waals surface area contributed by atoms with Crippen molar-refractivity contribution >= 4 is 22.9 Å². The second-order valence-electron chi connectivity index (χ2n) is 6.26. The summed E-state index contributed by atoms with van der Waals surface area (Å²) >= 11 is 6.22. The quantitative estimate of drug-likeness (QED) is 0.495. The Kier molecular flexibility index (Phi) is 6.33. The highest BCUT2D eigenvalue weighted by Crippen LogP contribution is 2.42. The molecule has 0 aliphatic carbocycles. The molecule has 1 aliphatic rings. The maximum atomic E-state index is 15.0. The molecule has 0 radical (unpaired) electrons. The highest BCUT2D eigenvalue weighted by atomic mass is 35.5. The number of alkyl halides is 2. The van der Waals surface area contributed by atoms with Crippen molar-refractivity contribution in [2.24, 2.45) is 0 Å². The lowest BCUT2D eigenvalue weighted by atomic mass is 9.94. The van der Waals surface area contributed by atoms with Gasteiger partial charge in [0.15, 0.2) is 0 Å². The monoisotopic (exact) mass is 423 g/mol. The molecule has 0 fully saturated rings. The smallest absolute Gasteiger partial charge is 0.256 e. The molecule has 0 aromatic heterocycles. The number of ether oxygens (including phenoxy) is 1. The van der Waals surface area contributed by atoms with E-state index in [1.165, 1.54) is 6.08 Å². The first-order chi connectivity index (χ1) is 13.8. The predicted molar refractivity (Wildman–Crippen MR) is 107 cm³/mol. The molecule has 2 aromatic rings. The summed E-state index contributed by atoms with van der Waals surface area (Å²) in [5, 5.41) is 0.111. The molecule has 3 rings (SSSR count). The van der Waals surface area contributed by atoms with Gasteiger partial charge in [0, 0.05) is 17.7 Å².